The Kier molecular flexibility index (Phi) is 4.22. The first-order valence-electron chi connectivity index (χ1n) is 7.70. The monoisotopic (exact) mass is 328 g/mol. The molecular formula is C18H20N2O2S. The molecule has 0 radical (unpaired) electrons. The summed E-state index contributed by atoms with van der Waals surface area (Å²) in [6.45, 7) is 2.10. The highest BCUT2D eigenvalue weighted by Gasteiger charge is 2.34. The van der Waals surface area contributed by atoms with E-state index >= 15 is 0 Å². The smallest absolute Gasteiger partial charge is 0.205 e. The van der Waals surface area contributed by atoms with Crippen LogP contribution in [0.15, 0.2) is 59.7 Å². The highest BCUT2D eigenvalue weighted by molar-refractivity contribution is 7.88. The molecule has 0 unspecified atom stereocenters. The summed E-state index contributed by atoms with van der Waals surface area (Å²) in [5, 5.41) is 4.39. The molecule has 0 bridgehead atoms. The van der Waals surface area contributed by atoms with Crippen LogP contribution < -0.4 is 0 Å². The lowest BCUT2D eigenvalue weighted by Gasteiger charge is -2.21. The van der Waals surface area contributed by atoms with Crippen molar-refractivity contribution in [3.63, 3.8) is 0 Å². The van der Waals surface area contributed by atoms with Gasteiger partial charge in [-0.2, -0.15) is 9.52 Å². The highest BCUT2D eigenvalue weighted by Crippen LogP contribution is 2.34. The minimum absolute atomic E-state index is 0.272. The first-order chi connectivity index (χ1) is 11.0. The van der Waals surface area contributed by atoms with Crippen LogP contribution in [0.2, 0.25) is 0 Å². The van der Waals surface area contributed by atoms with E-state index < -0.39 is 10.0 Å². The van der Waals surface area contributed by atoms with Gasteiger partial charge in [0.15, 0.2) is 0 Å². The Labute approximate surface area is 137 Å². The van der Waals surface area contributed by atoms with E-state index in [0.717, 1.165) is 23.3 Å². The van der Waals surface area contributed by atoms with E-state index in [4.69, 9.17) is 0 Å². The van der Waals surface area contributed by atoms with E-state index in [0.29, 0.717) is 6.42 Å². The summed E-state index contributed by atoms with van der Waals surface area (Å²) in [5.74, 6) is 0. The number of nitrogens with zero attached hydrogens (tertiary/aromatic N) is 2. The molecule has 120 valence electrons. The number of sulfonamides is 1. The first-order valence-corrected chi connectivity index (χ1v) is 9.55. The van der Waals surface area contributed by atoms with Gasteiger partial charge >= 0.3 is 0 Å². The lowest BCUT2D eigenvalue weighted by molar-refractivity contribution is 0.375. The number of hydrogen-bond acceptors (Lipinski definition) is 3. The number of hydrogen-bond donors (Lipinski definition) is 0. The van der Waals surface area contributed by atoms with Gasteiger partial charge in [-0.3, -0.25) is 0 Å². The zero-order valence-corrected chi connectivity index (χ0v) is 14.1. The number of rotatable bonds is 4. The molecule has 0 saturated heterocycles. The number of benzene rings is 2. The Morgan fingerprint density at radius 1 is 1.09 bits per heavy atom. The van der Waals surface area contributed by atoms with E-state index in [1.807, 2.05) is 42.5 Å². The van der Waals surface area contributed by atoms with Gasteiger partial charge in [0, 0.05) is 6.42 Å². The molecule has 0 amide bonds. The third kappa shape index (κ3) is 3.29. The van der Waals surface area contributed by atoms with Crippen LogP contribution in [-0.4, -0.2) is 24.8 Å². The quantitative estimate of drug-likeness (QED) is 0.864. The third-order valence-electron chi connectivity index (χ3n) is 4.09. The standard InChI is InChI=1S/C18H20N2O2S/c1-3-14-9-11-16(12-10-14)18-13-17(15-7-5-4-6-8-15)19-20(18)23(2,21)22/h4-12,18H,3,13H2,1-2H3/t18-/m0/s1. The Morgan fingerprint density at radius 2 is 1.74 bits per heavy atom. The predicted octanol–water partition coefficient (Wildman–Crippen LogP) is 3.36. The van der Waals surface area contributed by atoms with Crippen molar-refractivity contribution in [3.05, 3.63) is 71.3 Å². The second-order valence-corrected chi connectivity index (χ2v) is 7.60. The average molecular weight is 328 g/mol. The minimum atomic E-state index is -3.41. The fraction of sp³-hybridized carbons (Fsp3) is 0.278. The summed E-state index contributed by atoms with van der Waals surface area (Å²) in [4.78, 5) is 0. The Hall–Kier alpha value is -2.14. The van der Waals surface area contributed by atoms with E-state index in [9.17, 15) is 8.42 Å². The molecular weight excluding hydrogens is 308 g/mol. The van der Waals surface area contributed by atoms with E-state index in [-0.39, 0.29) is 6.04 Å². The van der Waals surface area contributed by atoms with Crippen molar-refractivity contribution in [1.29, 1.82) is 0 Å². The molecule has 0 fully saturated rings. The molecule has 0 aromatic heterocycles. The second-order valence-electron chi connectivity index (χ2n) is 5.76. The maximum absolute atomic E-state index is 12.1. The van der Waals surface area contributed by atoms with Crippen molar-refractivity contribution in [2.24, 2.45) is 5.10 Å². The SMILES string of the molecule is CCc1ccc([C@@H]2CC(c3ccccc3)=NN2S(C)(=O)=O)cc1. The molecule has 2 aromatic rings. The molecule has 3 rings (SSSR count). The zero-order chi connectivity index (χ0) is 16.4. The molecule has 1 atom stereocenters. The zero-order valence-electron chi connectivity index (χ0n) is 13.3. The molecule has 2 aromatic carbocycles. The van der Waals surface area contributed by atoms with Gasteiger partial charge in [0.2, 0.25) is 10.0 Å². The fourth-order valence-electron chi connectivity index (χ4n) is 2.82. The fourth-order valence-corrected chi connectivity index (χ4v) is 3.73. The van der Waals surface area contributed by atoms with Crippen molar-refractivity contribution in [1.82, 2.24) is 4.41 Å². The van der Waals surface area contributed by atoms with Gasteiger partial charge in [-0.15, -0.1) is 0 Å². The van der Waals surface area contributed by atoms with Crippen LogP contribution >= 0.6 is 0 Å². The lowest BCUT2D eigenvalue weighted by atomic mass is 9.98. The number of aryl methyl sites for hydroxylation is 1. The predicted molar refractivity (Wildman–Crippen MR) is 92.8 cm³/mol. The molecule has 1 aliphatic rings. The van der Waals surface area contributed by atoms with E-state index in [1.54, 1.807) is 0 Å². The van der Waals surface area contributed by atoms with Crippen LogP contribution in [0.25, 0.3) is 0 Å². The van der Waals surface area contributed by atoms with Crippen LogP contribution in [0, 0.1) is 0 Å². The molecule has 1 heterocycles. The molecule has 23 heavy (non-hydrogen) atoms. The molecule has 0 spiro atoms. The third-order valence-corrected chi connectivity index (χ3v) is 5.11. The number of hydrazone groups is 1. The van der Waals surface area contributed by atoms with Crippen molar-refractivity contribution in [2.75, 3.05) is 6.26 Å². The molecule has 0 N–H and O–H groups in total. The van der Waals surface area contributed by atoms with Gasteiger partial charge in [0.1, 0.15) is 0 Å². The Balaban J connectivity index is 1.97. The maximum Gasteiger partial charge on any atom is 0.247 e. The van der Waals surface area contributed by atoms with E-state index in [1.165, 1.54) is 16.2 Å². The lowest BCUT2D eigenvalue weighted by Crippen LogP contribution is -2.25. The Morgan fingerprint density at radius 3 is 2.30 bits per heavy atom. The summed E-state index contributed by atoms with van der Waals surface area (Å²) >= 11 is 0. The molecule has 0 saturated carbocycles. The summed E-state index contributed by atoms with van der Waals surface area (Å²) in [6, 6.07) is 17.6. The molecule has 5 heteroatoms. The topological polar surface area (TPSA) is 49.7 Å². The summed E-state index contributed by atoms with van der Waals surface area (Å²) in [7, 11) is -3.41. The second kappa shape index (κ2) is 6.16. The van der Waals surface area contributed by atoms with Crippen molar-refractivity contribution >= 4 is 15.7 Å². The molecule has 4 nitrogen and oxygen atoms in total. The maximum atomic E-state index is 12.1. The van der Waals surface area contributed by atoms with Crippen molar-refractivity contribution < 1.29 is 8.42 Å². The largest absolute Gasteiger partial charge is 0.247 e. The van der Waals surface area contributed by atoms with Crippen LogP contribution in [0.5, 0.6) is 0 Å². The van der Waals surface area contributed by atoms with Crippen LogP contribution in [0.1, 0.15) is 36.1 Å². The van der Waals surface area contributed by atoms with Crippen molar-refractivity contribution in [2.45, 2.75) is 25.8 Å². The summed E-state index contributed by atoms with van der Waals surface area (Å²) in [6.07, 6.45) is 2.76. The van der Waals surface area contributed by atoms with E-state index in [2.05, 4.69) is 24.2 Å². The first kappa shape index (κ1) is 15.7. The normalized spacial score (nSPS) is 18.1. The van der Waals surface area contributed by atoms with Crippen LogP contribution in [0.4, 0.5) is 0 Å². The van der Waals surface area contributed by atoms with Gasteiger partial charge in [-0.25, -0.2) is 8.42 Å². The Bertz CT molecular complexity index is 812. The van der Waals surface area contributed by atoms with Crippen LogP contribution in [0.3, 0.4) is 0 Å². The average Bonchev–Trinajstić information content (AvgIpc) is 3.01. The van der Waals surface area contributed by atoms with Crippen LogP contribution in [-0.2, 0) is 16.4 Å². The summed E-state index contributed by atoms with van der Waals surface area (Å²) in [5.41, 5.74) is 3.98. The van der Waals surface area contributed by atoms with Gasteiger partial charge < -0.3 is 0 Å². The highest BCUT2D eigenvalue weighted by atomic mass is 32.2. The van der Waals surface area contributed by atoms with Gasteiger partial charge in [0.05, 0.1) is 18.0 Å². The van der Waals surface area contributed by atoms with Gasteiger partial charge in [-0.1, -0.05) is 61.5 Å². The summed E-state index contributed by atoms with van der Waals surface area (Å²) < 4.78 is 25.5. The molecule has 1 aliphatic heterocycles. The van der Waals surface area contributed by atoms with Crippen molar-refractivity contribution in [3.8, 4) is 0 Å². The van der Waals surface area contributed by atoms with Gasteiger partial charge in [0.25, 0.3) is 0 Å². The molecule has 0 aliphatic carbocycles. The van der Waals surface area contributed by atoms with Gasteiger partial charge in [-0.05, 0) is 23.1 Å². The minimum Gasteiger partial charge on any atom is -0.205 e.